The van der Waals surface area contributed by atoms with Crippen LogP contribution >= 0.6 is 0 Å². The molecule has 5 heteroatoms. The lowest BCUT2D eigenvalue weighted by molar-refractivity contribution is 0.0600. The van der Waals surface area contributed by atoms with Crippen molar-refractivity contribution in [1.82, 2.24) is 0 Å². The molecule has 0 heterocycles. The summed E-state index contributed by atoms with van der Waals surface area (Å²) in [4.78, 5) is 11.3. The monoisotopic (exact) mass is 302 g/mol. The van der Waals surface area contributed by atoms with Gasteiger partial charge in [-0.3, -0.25) is 0 Å². The van der Waals surface area contributed by atoms with Gasteiger partial charge in [0.25, 0.3) is 0 Å². The molecule has 3 nitrogen and oxygen atoms in total. The fourth-order valence-electron chi connectivity index (χ4n) is 1.88. The third kappa shape index (κ3) is 3.23. The van der Waals surface area contributed by atoms with E-state index < -0.39 is 17.6 Å². The zero-order valence-corrected chi connectivity index (χ0v) is 11.9. The number of methoxy groups -OCH3 is 1. The van der Waals surface area contributed by atoms with Gasteiger partial charge in [-0.15, -0.1) is 0 Å². The summed E-state index contributed by atoms with van der Waals surface area (Å²) in [5, 5.41) is 9.26. The van der Waals surface area contributed by atoms with Crippen LogP contribution < -0.4 is 0 Å². The molecular formula is C17H12F2O3. The Bertz CT molecular complexity index is 778. The van der Waals surface area contributed by atoms with Gasteiger partial charge in [0, 0.05) is 6.07 Å². The number of rotatable bonds is 1. The zero-order chi connectivity index (χ0) is 16.3. The van der Waals surface area contributed by atoms with Gasteiger partial charge < -0.3 is 9.84 Å². The summed E-state index contributed by atoms with van der Waals surface area (Å²) in [6.45, 7) is 1.59. The molecule has 0 unspecified atom stereocenters. The predicted molar refractivity (Wildman–Crippen MR) is 76.5 cm³/mol. The van der Waals surface area contributed by atoms with Crippen LogP contribution in [0.5, 0.6) is 5.75 Å². The minimum atomic E-state index is -0.702. The molecule has 22 heavy (non-hydrogen) atoms. The number of carbonyl (C=O) groups is 1. The first-order valence-corrected chi connectivity index (χ1v) is 6.31. The van der Waals surface area contributed by atoms with Crippen LogP contribution in [0.2, 0.25) is 0 Å². The predicted octanol–water partition coefficient (Wildman–Crippen LogP) is 3.17. The molecular weight excluding hydrogens is 290 g/mol. The molecule has 2 rings (SSSR count). The SMILES string of the molecule is COC(=O)c1ccc(C#Cc2c(C)cc(O)cc2F)c(F)c1. The van der Waals surface area contributed by atoms with Crippen LogP contribution in [0.3, 0.4) is 0 Å². The Labute approximate surface area is 126 Å². The van der Waals surface area contributed by atoms with Crippen molar-refractivity contribution in [3.05, 3.63) is 64.2 Å². The lowest BCUT2D eigenvalue weighted by Gasteiger charge is -2.02. The van der Waals surface area contributed by atoms with E-state index in [1.54, 1.807) is 6.92 Å². The Morgan fingerprint density at radius 3 is 2.45 bits per heavy atom. The molecule has 0 radical (unpaired) electrons. The van der Waals surface area contributed by atoms with Crippen LogP contribution in [0, 0.1) is 30.4 Å². The summed E-state index contributed by atoms with van der Waals surface area (Å²) in [5.41, 5.74) is 0.614. The quantitative estimate of drug-likeness (QED) is 0.650. The molecule has 0 atom stereocenters. The number of phenolic OH excluding ortho intramolecular Hbond substituents is 1. The molecule has 0 aliphatic heterocycles. The largest absolute Gasteiger partial charge is 0.508 e. The third-order valence-electron chi connectivity index (χ3n) is 2.98. The summed E-state index contributed by atoms with van der Waals surface area (Å²) in [7, 11) is 1.20. The Morgan fingerprint density at radius 1 is 1.14 bits per heavy atom. The maximum absolute atomic E-state index is 13.9. The van der Waals surface area contributed by atoms with E-state index in [-0.39, 0.29) is 22.4 Å². The van der Waals surface area contributed by atoms with Gasteiger partial charge in [-0.25, -0.2) is 13.6 Å². The standard InChI is InChI=1S/C17H12F2O3/c1-10-7-13(20)9-16(19)14(10)6-5-11-3-4-12(8-15(11)18)17(21)22-2/h3-4,7-9,20H,1-2H3. The van der Waals surface area contributed by atoms with Crippen molar-refractivity contribution in [2.75, 3.05) is 7.11 Å². The summed E-state index contributed by atoms with van der Waals surface area (Å²) in [6.07, 6.45) is 0. The van der Waals surface area contributed by atoms with Gasteiger partial charge >= 0.3 is 5.97 Å². The van der Waals surface area contributed by atoms with Gasteiger partial charge in [-0.05, 0) is 36.8 Å². The first kappa shape index (κ1) is 15.5. The number of halogens is 2. The minimum absolute atomic E-state index is 0.0273. The highest BCUT2D eigenvalue weighted by Crippen LogP contribution is 2.19. The molecule has 0 aromatic heterocycles. The third-order valence-corrected chi connectivity index (χ3v) is 2.98. The van der Waals surface area contributed by atoms with Crippen LogP contribution in [0.4, 0.5) is 8.78 Å². The lowest BCUT2D eigenvalue weighted by Crippen LogP contribution is -2.02. The van der Waals surface area contributed by atoms with Crippen molar-refractivity contribution in [2.45, 2.75) is 6.92 Å². The second kappa shape index (κ2) is 6.27. The second-order valence-electron chi connectivity index (χ2n) is 4.56. The van der Waals surface area contributed by atoms with E-state index in [0.717, 1.165) is 12.1 Å². The summed E-state index contributed by atoms with van der Waals surface area (Å²) in [5.74, 6) is 2.81. The molecule has 0 saturated heterocycles. The molecule has 0 bridgehead atoms. The van der Waals surface area contributed by atoms with Crippen LogP contribution in [0.25, 0.3) is 0 Å². The Hall–Kier alpha value is -2.87. The molecule has 0 aliphatic carbocycles. The number of hydrogen-bond acceptors (Lipinski definition) is 3. The van der Waals surface area contributed by atoms with Crippen LogP contribution in [0.1, 0.15) is 27.0 Å². The smallest absolute Gasteiger partial charge is 0.337 e. The average Bonchev–Trinajstić information content (AvgIpc) is 2.46. The van der Waals surface area contributed by atoms with Crippen molar-refractivity contribution < 1.29 is 23.4 Å². The molecule has 0 spiro atoms. The number of benzene rings is 2. The fraction of sp³-hybridized carbons (Fsp3) is 0.118. The average molecular weight is 302 g/mol. The number of aromatic hydroxyl groups is 1. The maximum atomic E-state index is 13.9. The summed E-state index contributed by atoms with van der Waals surface area (Å²) < 4.78 is 32.1. The topological polar surface area (TPSA) is 46.5 Å². The van der Waals surface area contributed by atoms with Gasteiger partial charge in [0.05, 0.1) is 23.8 Å². The maximum Gasteiger partial charge on any atom is 0.337 e. The van der Waals surface area contributed by atoms with E-state index in [1.165, 1.54) is 25.3 Å². The van der Waals surface area contributed by atoms with E-state index in [4.69, 9.17) is 0 Å². The highest BCUT2D eigenvalue weighted by molar-refractivity contribution is 5.89. The van der Waals surface area contributed by atoms with Crippen LogP contribution in [-0.4, -0.2) is 18.2 Å². The Kier molecular flexibility index (Phi) is 4.42. The summed E-state index contributed by atoms with van der Waals surface area (Å²) in [6, 6.07) is 6.01. The number of aryl methyl sites for hydroxylation is 1. The highest BCUT2D eigenvalue weighted by Gasteiger charge is 2.09. The van der Waals surface area contributed by atoms with Crippen molar-refractivity contribution in [3.63, 3.8) is 0 Å². The van der Waals surface area contributed by atoms with E-state index in [0.29, 0.717) is 5.56 Å². The number of ether oxygens (including phenoxy) is 1. The first-order chi connectivity index (χ1) is 10.4. The van der Waals surface area contributed by atoms with Crippen LogP contribution in [-0.2, 0) is 4.74 Å². The van der Waals surface area contributed by atoms with E-state index >= 15 is 0 Å². The van der Waals surface area contributed by atoms with Gasteiger partial charge in [-0.2, -0.15) is 0 Å². The number of esters is 1. The Morgan fingerprint density at radius 2 is 1.86 bits per heavy atom. The molecule has 0 aliphatic rings. The van der Waals surface area contributed by atoms with Gasteiger partial charge in [0.2, 0.25) is 0 Å². The minimum Gasteiger partial charge on any atom is -0.508 e. The van der Waals surface area contributed by atoms with Crippen molar-refractivity contribution in [2.24, 2.45) is 0 Å². The zero-order valence-electron chi connectivity index (χ0n) is 11.9. The van der Waals surface area contributed by atoms with Crippen molar-refractivity contribution >= 4 is 5.97 Å². The molecule has 0 saturated carbocycles. The van der Waals surface area contributed by atoms with Gasteiger partial charge in [-0.1, -0.05) is 11.8 Å². The second-order valence-corrected chi connectivity index (χ2v) is 4.56. The molecule has 112 valence electrons. The molecule has 1 N–H and O–H groups in total. The molecule has 0 amide bonds. The van der Waals surface area contributed by atoms with Gasteiger partial charge in [0.1, 0.15) is 17.4 Å². The first-order valence-electron chi connectivity index (χ1n) is 6.31. The molecule has 0 fully saturated rings. The van der Waals surface area contributed by atoms with Gasteiger partial charge in [0.15, 0.2) is 0 Å². The molecule has 2 aromatic rings. The van der Waals surface area contributed by atoms with E-state index in [9.17, 15) is 18.7 Å². The Balaban J connectivity index is 2.39. The normalized spacial score (nSPS) is 9.82. The van der Waals surface area contributed by atoms with Crippen LogP contribution in [0.15, 0.2) is 30.3 Å². The number of phenols is 1. The number of hydrogen-bond donors (Lipinski definition) is 1. The van der Waals surface area contributed by atoms with E-state index in [2.05, 4.69) is 16.6 Å². The number of carbonyl (C=O) groups excluding carboxylic acids is 1. The summed E-state index contributed by atoms with van der Waals surface area (Å²) >= 11 is 0. The molecule has 2 aromatic carbocycles. The fourth-order valence-corrected chi connectivity index (χ4v) is 1.88. The van der Waals surface area contributed by atoms with E-state index in [1.807, 2.05) is 0 Å². The lowest BCUT2D eigenvalue weighted by atomic mass is 10.1. The van der Waals surface area contributed by atoms with Crippen molar-refractivity contribution in [1.29, 1.82) is 0 Å². The highest BCUT2D eigenvalue weighted by atomic mass is 19.1. The van der Waals surface area contributed by atoms with Crippen molar-refractivity contribution in [3.8, 4) is 17.6 Å².